The van der Waals surface area contributed by atoms with Crippen LogP contribution in [-0.4, -0.2) is 6.54 Å². The Kier molecular flexibility index (Phi) is 3.97. The van der Waals surface area contributed by atoms with Crippen LogP contribution in [-0.2, 0) is 6.54 Å². The number of benzene rings is 1. The van der Waals surface area contributed by atoms with E-state index in [0.717, 1.165) is 16.8 Å². The summed E-state index contributed by atoms with van der Waals surface area (Å²) >= 11 is 3.23. The number of halogens is 2. The van der Waals surface area contributed by atoms with Crippen molar-refractivity contribution in [3.05, 3.63) is 46.4 Å². The molecule has 0 saturated carbocycles. The van der Waals surface area contributed by atoms with Gasteiger partial charge in [0.05, 0.1) is 12.1 Å². The van der Waals surface area contributed by atoms with E-state index < -0.39 is 0 Å². The Morgan fingerprint density at radius 2 is 2.12 bits per heavy atom. The highest BCUT2D eigenvalue weighted by Gasteiger charge is 2.09. The minimum Gasteiger partial charge on any atom is -0.460 e. The zero-order valence-electron chi connectivity index (χ0n) is 9.47. The van der Waals surface area contributed by atoms with Crippen LogP contribution in [0.25, 0.3) is 11.3 Å². The molecule has 0 atom stereocenters. The molecule has 0 saturated heterocycles. The van der Waals surface area contributed by atoms with E-state index in [1.807, 2.05) is 13.0 Å². The fraction of sp³-hybridized carbons (Fsp3) is 0.231. The first kappa shape index (κ1) is 12.3. The first-order valence-electron chi connectivity index (χ1n) is 5.45. The van der Waals surface area contributed by atoms with Gasteiger partial charge in [0, 0.05) is 4.47 Å². The molecular weight excluding hydrogens is 285 g/mol. The molecule has 0 bridgehead atoms. The van der Waals surface area contributed by atoms with Crippen molar-refractivity contribution in [2.24, 2.45) is 0 Å². The molecule has 0 fully saturated rings. The van der Waals surface area contributed by atoms with Gasteiger partial charge in [0.1, 0.15) is 17.3 Å². The van der Waals surface area contributed by atoms with Crippen molar-refractivity contribution in [1.82, 2.24) is 5.32 Å². The predicted octanol–water partition coefficient (Wildman–Crippen LogP) is 3.96. The van der Waals surface area contributed by atoms with Crippen molar-refractivity contribution in [2.75, 3.05) is 6.54 Å². The van der Waals surface area contributed by atoms with E-state index in [2.05, 4.69) is 21.2 Å². The molecule has 0 amide bonds. The van der Waals surface area contributed by atoms with Crippen molar-refractivity contribution >= 4 is 15.9 Å². The lowest BCUT2D eigenvalue weighted by molar-refractivity contribution is 0.495. The largest absolute Gasteiger partial charge is 0.460 e. The van der Waals surface area contributed by atoms with Gasteiger partial charge in [0.25, 0.3) is 0 Å². The molecule has 1 aromatic carbocycles. The zero-order valence-corrected chi connectivity index (χ0v) is 11.1. The van der Waals surface area contributed by atoms with E-state index in [4.69, 9.17) is 4.42 Å². The van der Waals surface area contributed by atoms with Crippen molar-refractivity contribution in [1.29, 1.82) is 0 Å². The van der Waals surface area contributed by atoms with Gasteiger partial charge in [0.15, 0.2) is 0 Å². The molecule has 1 N–H and O–H groups in total. The molecule has 2 rings (SSSR count). The minimum atomic E-state index is -0.288. The Morgan fingerprint density at radius 3 is 2.82 bits per heavy atom. The van der Waals surface area contributed by atoms with E-state index in [1.165, 1.54) is 6.07 Å². The van der Waals surface area contributed by atoms with Gasteiger partial charge in [-0.3, -0.25) is 0 Å². The molecule has 0 aliphatic carbocycles. The van der Waals surface area contributed by atoms with Gasteiger partial charge in [-0.05, 0) is 36.9 Å². The highest BCUT2D eigenvalue weighted by Crippen LogP contribution is 2.27. The van der Waals surface area contributed by atoms with E-state index in [0.29, 0.717) is 17.9 Å². The smallest absolute Gasteiger partial charge is 0.137 e. The molecule has 1 aromatic heterocycles. The standard InChI is InChI=1S/C13H13BrFNO/c1-2-16-8-10-4-6-13(17-10)11-5-3-9(14)7-12(11)15/h3-7,16H,2,8H2,1H3. The lowest BCUT2D eigenvalue weighted by Gasteiger charge is -2.01. The normalized spacial score (nSPS) is 10.8. The van der Waals surface area contributed by atoms with Crippen LogP contribution in [0.2, 0.25) is 0 Å². The molecule has 0 radical (unpaired) electrons. The van der Waals surface area contributed by atoms with Gasteiger partial charge in [-0.25, -0.2) is 4.39 Å². The molecule has 4 heteroatoms. The maximum Gasteiger partial charge on any atom is 0.137 e. The van der Waals surface area contributed by atoms with Crippen molar-refractivity contribution < 1.29 is 8.81 Å². The molecule has 0 spiro atoms. The summed E-state index contributed by atoms with van der Waals surface area (Å²) in [6.07, 6.45) is 0. The maximum absolute atomic E-state index is 13.7. The quantitative estimate of drug-likeness (QED) is 0.924. The molecular formula is C13H13BrFNO. The predicted molar refractivity (Wildman–Crippen MR) is 69.2 cm³/mol. The number of rotatable bonds is 4. The first-order chi connectivity index (χ1) is 8.20. The Labute approximate surface area is 108 Å². The summed E-state index contributed by atoms with van der Waals surface area (Å²) in [4.78, 5) is 0. The number of hydrogen-bond donors (Lipinski definition) is 1. The van der Waals surface area contributed by atoms with E-state index in [1.54, 1.807) is 18.2 Å². The number of hydrogen-bond acceptors (Lipinski definition) is 2. The Morgan fingerprint density at radius 1 is 1.29 bits per heavy atom. The Hall–Kier alpha value is -1.13. The second-order valence-corrected chi connectivity index (χ2v) is 4.59. The monoisotopic (exact) mass is 297 g/mol. The van der Waals surface area contributed by atoms with Gasteiger partial charge >= 0.3 is 0 Å². The van der Waals surface area contributed by atoms with Crippen LogP contribution in [0, 0.1) is 5.82 Å². The zero-order chi connectivity index (χ0) is 12.3. The van der Waals surface area contributed by atoms with Crippen molar-refractivity contribution in [2.45, 2.75) is 13.5 Å². The molecule has 0 unspecified atom stereocenters. The van der Waals surface area contributed by atoms with Gasteiger partial charge in [-0.2, -0.15) is 0 Å². The van der Waals surface area contributed by atoms with Crippen LogP contribution in [0.4, 0.5) is 4.39 Å². The van der Waals surface area contributed by atoms with Crippen LogP contribution in [0.3, 0.4) is 0 Å². The summed E-state index contributed by atoms with van der Waals surface area (Å²) in [5.74, 6) is 1.08. The van der Waals surface area contributed by atoms with Gasteiger partial charge in [0.2, 0.25) is 0 Å². The summed E-state index contributed by atoms with van der Waals surface area (Å²) in [6.45, 7) is 3.57. The van der Waals surface area contributed by atoms with Crippen LogP contribution < -0.4 is 5.32 Å². The third-order valence-electron chi connectivity index (χ3n) is 2.41. The van der Waals surface area contributed by atoms with Crippen LogP contribution in [0.1, 0.15) is 12.7 Å². The van der Waals surface area contributed by atoms with Crippen molar-refractivity contribution in [3.63, 3.8) is 0 Å². The summed E-state index contributed by atoms with van der Waals surface area (Å²) < 4.78 is 20.0. The Bertz CT molecular complexity index is 510. The molecule has 2 aromatic rings. The maximum atomic E-state index is 13.7. The van der Waals surface area contributed by atoms with E-state index in [9.17, 15) is 4.39 Å². The van der Waals surface area contributed by atoms with E-state index in [-0.39, 0.29) is 5.82 Å². The third kappa shape index (κ3) is 2.96. The molecule has 90 valence electrons. The summed E-state index contributed by atoms with van der Waals surface area (Å²) in [7, 11) is 0. The topological polar surface area (TPSA) is 25.2 Å². The average molecular weight is 298 g/mol. The van der Waals surface area contributed by atoms with Crippen LogP contribution in [0.15, 0.2) is 39.2 Å². The van der Waals surface area contributed by atoms with Crippen LogP contribution >= 0.6 is 15.9 Å². The lowest BCUT2D eigenvalue weighted by Crippen LogP contribution is -2.10. The number of furan rings is 1. The fourth-order valence-electron chi connectivity index (χ4n) is 1.56. The summed E-state index contributed by atoms with van der Waals surface area (Å²) in [6, 6.07) is 8.58. The van der Waals surface area contributed by atoms with Gasteiger partial charge in [-0.1, -0.05) is 22.9 Å². The summed E-state index contributed by atoms with van der Waals surface area (Å²) in [5, 5.41) is 3.16. The highest BCUT2D eigenvalue weighted by atomic mass is 79.9. The van der Waals surface area contributed by atoms with Crippen molar-refractivity contribution in [3.8, 4) is 11.3 Å². The van der Waals surface area contributed by atoms with Crippen LogP contribution in [0.5, 0.6) is 0 Å². The lowest BCUT2D eigenvalue weighted by atomic mass is 10.1. The second kappa shape index (κ2) is 5.47. The third-order valence-corrected chi connectivity index (χ3v) is 2.90. The molecule has 17 heavy (non-hydrogen) atoms. The average Bonchev–Trinajstić information content (AvgIpc) is 2.75. The molecule has 0 aliphatic heterocycles. The van der Waals surface area contributed by atoms with Gasteiger partial charge in [-0.15, -0.1) is 0 Å². The Balaban J connectivity index is 2.24. The SMILES string of the molecule is CCNCc1ccc(-c2ccc(Br)cc2F)o1. The second-order valence-electron chi connectivity index (χ2n) is 3.67. The molecule has 2 nitrogen and oxygen atoms in total. The molecule has 0 aliphatic rings. The summed E-state index contributed by atoms with van der Waals surface area (Å²) in [5.41, 5.74) is 0.482. The fourth-order valence-corrected chi connectivity index (χ4v) is 1.89. The van der Waals surface area contributed by atoms with Gasteiger partial charge < -0.3 is 9.73 Å². The first-order valence-corrected chi connectivity index (χ1v) is 6.25. The van der Waals surface area contributed by atoms with E-state index >= 15 is 0 Å². The minimum absolute atomic E-state index is 0.288. The highest BCUT2D eigenvalue weighted by molar-refractivity contribution is 9.10. The number of nitrogens with one attached hydrogen (secondary N) is 1. The molecule has 1 heterocycles.